The summed E-state index contributed by atoms with van der Waals surface area (Å²) >= 11 is 1.55. The fraction of sp³-hybridized carbons (Fsp3) is 0.417. The number of benzene rings is 1. The Morgan fingerprint density at radius 1 is 1.09 bits per heavy atom. The second-order valence-electron chi connectivity index (χ2n) is 8.52. The number of nitrogens with one attached hydrogen (secondary N) is 1. The molecule has 3 aromatic rings. The molecule has 2 fully saturated rings. The fourth-order valence-electron chi connectivity index (χ4n) is 4.07. The Labute approximate surface area is 201 Å². The predicted octanol–water partition coefficient (Wildman–Crippen LogP) is 4.35. The number of ether oxygens (including phenoxy) is 2. The fourth-order valence-corrected chi connectivity index (χ4v) is 5.30. The lowest BCUT2D eigenvalue weighted by Gasteiger charge is -2.33. The van der Waals surface area contributed by atoms with Crippen molar-refractivity contribution in [2.45, 2.75) is 37.6 Å². The molecule has 1 amide bonds. The number of piperidine rings is 1. The van der Waals surface area contributed by atoms with E-state index in [1.54, 1.807) is 29.5 Å². The number of likely N-dealkylation sites (tertiary alicyclic amines) is 1. The van der Waals surface area contributed by atoms with Crippen molar-refractivity contribution >= 4 is 23.2 Å². The summed E-state index contributed by atoms with van der Waals surface area (Å²) in [6.45, 7) is 1.15. The zero-order chi connectivity index (χ0) is 23.7. The molecule has 34 heavy (non-hydrogen) atoms. The standard InChI is InChI=1S/C24H26FN5O3S/c1-32-18-12-19(33-2)28-24(27-18)26-17-4-3-11-30(13-17)23(31)20-21(14-7-9-16(25)10-8-14)34-22(29-20)15-5-6-15/h7-10,12,15,17H,3-6,11,13H2,1-2H3,(H,26,27,28). The number of anilines is 1. The molecule has 1 saturated carbocycles. The Hall–Kier alpha value is -3.27. The lowest BCUT2D eigenvalue weighted by molar-refractivity contribution is 0.0710. The van der Waals surface area contributed by atoms with E-state index in [1.165, 1.54) is 26.4 Å². The van der Waals surface area contributed by atoms with Gasteiger partial charge in [0.2, 0.25) is 17.7 Å². The third kappa shape index (κ3) is 4.82. The van der Waals surface area contributed by atoms with Crippen LogP contribution in [0.3, 0.4) is 0 Å². The van der Waals surface area contributed by atoms with Gasteiger partial charge in [0.25, 0.3) is 5.91 Å². The molecule has 1 N–H and O–H groups in total. The largest absolute Gasteiger partial charge is 0.481 e. The summed E-state index contributed by atoms with van der Waals surface area (Å²) in [5.41, 5.74) is 1.27. The molecule has 2 aromatic heterocycles. The number of hydrogen-bond acceptors (Lipinski definition) is 8. The monoisotopic (exact) mass is 483 g/mol. The molecule has 1 aromatic carbocycles. The highest BCUT2D eigenvalue weighted by Crippen LogP contribution is 2.45. The van der Waals surface area contributed by atoms with E-state index in [0.29, 0.717) is 42.4 Å². The lowest BCUT2D eigenvalue weighted by Crippen LogP contribution is -2.45. The number of carbonyl (C=O) groups is 1. The number of carbonyl (C=O) groups excluding carboxylic acids is 1. The minimum atomic E-state index is -0.301. The minimum Gasteiger partial charge on any atom is -0.481 e. The van der Waals surface area contributed by atoms with E-state index in [-0.39, 0.29) is 17.8 Å². The van der Waals surface area contributed by atoms with Crippen LogP contribution in [0.4, 0.5) is 10.3 Å². The molecule has 2 aliphatic rings. The Morgan fingerprint density at radius 2 is 1.79 bits per heavy atom. The van der Waals surface area contributed by atoms with Crippen LogP contribution in [0.5, 0.6) is 11.8 Å². The quantitative estimate of drug-likeness (QED) is 0.534. The molecule has 3 heterocycles. The number of halogens is 1. The molecule has 5 rings (SSSR count). The van der Waals surface area contributed by atoms with Gasteiger partial charge in [0.1, 0.15) is 11.5 Å². The summed E-state index contributed by atoms with van der Waals surface area (Å²) in [6, 6.07) is 7.85. The van der Waals surface area contributed by atoms with Crippen molar-refractivity contribution in [1.82, 2.24) is 19.9 Å². The van der Waals surface area contributed by atoms with Crippen molar-refractivity contribution in [2.75, 3.05) is 32.6 Å². The van der Waals surface area contributed by atoms with Gasteiger partial charge in [0.05, 0.1) is 30.2 Å². The SMILES string of the molecule is COc1cc(OC)nc(NC2CCCN(C(=O)c3nc(C4CC4)sc3-c3ccc(F)cc3)C2)n1. The van der Waals surface area contributed by atoms with Crippen LogP contribution in [-0.4, -0.2) is 59.1 Å². The normalized spacial score (nSPS) is 18.0. The van der Waals surface area contributed by atoms with E-state index in [0.717, 1.165) is 41.1 Å². The first-order chi connectivity index (χ1) is 16.5. The van der Waals surface area contributed by atoms with E-state index in [4.69, 9.17) is 14.5 Å². The van der Waals surface area contributed by atoms with E-state index in [2.05, 4.69) is 15.3 Å². The van der Waals surface area contributed by atoms with Gasteiger partial charge in [-0.1, -0.05) is 12.1 Å². The summed E-state index contributed by atoms with van der Waals surface area (Å²) in [4.78, 5) is 29.7. The molecule has 0 radical (unpaired) electrons. The number of thiazole rings is 1. The van der Waals surface area contributed by atoms with Gasteiger partial charge in [0.15, 0.2) is 0 Å². The van der Waals surface area contributed by atoms with Crippen LogP contribution in [0.25, 0.3) is 10.4 Å². The zero-order valence-corrected chi connectivity index (χ0v) is 19.9. The van der Waals surface area contributed by atoms with Crippen LogP contribution in [0.2, 0.25) is 0 Å². The van der Waals surface area contributed by atoms with Gasteiger partial charge >= 0.3 is 0 Å². The van der Waals surface area contributed by atoms with Gasteiger partial charge in [-0.15, -0.1) is 11.3 Å². The smallest absolute Gasteiger partial charge is 0.274 e. The molecule has 8 nitrogen and oxygen atoms in total. The molecule has 1 aliphatic heterocycles. The topological polar surface area (TPSA) is 89.5 Å². The summed E-state index contributed by atoms with van der Waals surface area (Å²) in [6.07, 6.45) is 3.92. The number of methoxy groups -OCH3 is 2. The Morgan fingerprint density at radius 3 is 2.44 bits per heavy atom. The van der Waals surface area contributed by atoms with Crippen LogP contribution >= 0.6 is 11.3 Å². The Kier molecular flexibility index (Phi) is 6.32. The van der Waals surface area contributed by atoms with E-state index in [9.17, 15) is 9.18 Å². The highest BCUT2D eigenvalue weighted by atomic mass is 32.1. The second-order valence-corrected chi connectivity index (χ2v) is 9.55. The molecular formula is C24H26FN5O3S. The first kappa shape index (κ1) is 22.5. The number of aromatic nitrogens is 3. The van der Waals surface area contributed by atoms with E-state index < -0.39 is 0 Å². The molecule has 0 bridgehead atoms. The second kappa shape index (κ2) is 9.54. The summed E-state index contributed by atoms with van der Waals surface area (Å²) in [5.74, 6) is 1.23. The average molecular weight is 484 g/mol. The first-order valence-electron chi connectivity index (χ1n) is 11.3. The number of hydrogen-bond donors (Lipinski definition) is 1. The van der Waals surface area contributed by atoms with Gasteiger partial charge in [-0.05, 0) is 43.4 Å². The van der Waals surface area contributed by atoms with Crippen molar-refractivity contribution in [3.63, 3.8) is 0 Å². The molecule has 1 saturated heterocycles. The van der Waals surface area contributed by atoms with Crippen LogP contribution in [0, 0.1) is 5.82 Å². The van der Waals surface area contributed by atoms with Crippen molar-refractivity contribution in [3.05, 3.63) is 46.9 Å². The van der Waals surface area contributed by atoms with Gasteiger partial charge in [-0.25, -0.2) is 9.37 Å². The molecule has 1 aliphatic carbocycles. The van der Waals surface area contributed by atoms with E-state index >= 15 is 0 Å². The molecule has 178 valence electrons. The van der Waals surface area contributed by atoms with Gasteiger partial charge in [0, 0.05) is 25.0 Å². The highest BCUT2D eigenvalue weighted by molar-refractivity contribution is 7.15. The predicted molar refractivity (Wildman–Crippen MR) is 127 cm³/mol. The number of rotatable bonds is 7. The maximum Gasteiger partial charge on any atom is 0.274 e. The van der Waals surface area contributed by atoms with Crippen molar-refractivity contribution < 1.29 is 18.7 Å². The Bertz CT molecular complexity index is 1160. The third-order valence-electron chi connectivity index (χ3n) is 6.02. The maximum atomic E-state index is 13.6. The van der Waals surface area contributed by atoms with Crippen molar-refractivity contribution in [3.8, 4) is 22.2 Å². The molecular weight excluding hydrogens is 457 g/mol. The van der Waals surface area contributed by atoms with Crippen LogP contribution in [-0.2, 0) is 0 Å². The number of amides is 1. The average Bonchev–Trinajstić information content (AvgIpc) is 3.62. The number of nitrogens with zero attached hydrogens (tertiary/aromatic N) is 4. The minimum absolute atomic E-state index is 0.0229. The highest BCUT2D eigenvalue weighted by Gasteiger charge is 2.33. The van der Waals surface area contributed by atoms with Crippen LogP contribution in [0.1, 0.15) is 47.1 Å². The van der Waals surface area contributed by atoms with Crippen LogP contribution in [0.15, 0.2) is 30.3 Å². The summed E-state index contributed by atoms with van der Waals surface area (Å²) in [7, 11) is 3.07. The van der Waals surface area contributed by atoms with Gasteiger partial charge in [-0.3, -0.25) is 4.79 Å². The summed E-state index contributed by atoms with van der Waals surface area (Å²) < 4.78 is 23.9. The molecule has 10 heteroatoms. The lowest BCUT2D eigenvalue weighted by atomic mass is 10.0. The first-order valence-corrected chi connectivity index (χ1v) is 12.1. The molecule has 1 unspecified atom stereocenters. The zero-order valence-electron chi connectivity index (χ0n) is 19.1. The third-order valence-corrected chi connectivity index (χ3v) is 7.29. The molecule has 1 atom stereocenters. The van der Waals surface area contributed by atoms with Crippen LogP contribution < -0.4 is 14.8 Å². The van der Waals surface area contributed by atoms with Crippen molar-refractivity contribution in [1.29, 1.82) is 0 Å². The Balaban J connectivity index is 1.36. The van der Waals surface area contributed by atoms with Gasteiger partial charge < -0.3 is 19.7 Å². The van der Waals surface area contributed by atoms with Gasteiger partial charge in [-0.2, -0.15) is 9.97 Å². The van der Waals surface area contributed by atoms with Crippen molar-refractivity contribution in [2.24, 2.45) is 0 Å². The summed E-state index contributed by atoms with van der Waals surface area (Å²) in [5, 5.41) is 4.31. The molecule has 0 spiro atoms. The maximum absolute atomic E-state index is 13.6. The van der Waals surface area contributed by atoms with E-state index in [1.807, 2.05) is 4.90 Å².